The molecular formula is C13H19F3N2. The highest BCUT2D eigenvalue weighted by atomic mass is 19.3. The lowest BCUT2D eigenvalue weighted by atomic mass is 10.0. The van der Waals surface area contributed by atoms with Crippen molar-refractivity contribution in [3.8, 4) is 0 Å². The van der Waals surface area contributed by atoms with Crippen LogP contribution >= 0.6 is 0 Å². The van der Waals surface area contributed by atoms with Crippen LogP contribution in [-0.4, -0.2) is 27.1 Å². The van der Waals surface area contributed by atoms with Crippen molar-refractivity contribution in [2.24, 2.45) is 0 Å². The highest BCUT2D eigenvalue weighted by Crippen LogP contribution is 2.28. The molecule has 0 aliphatic carbocycles. The summed E-state index contributed by atoms with van der Waals surface area (Å²) < 4.78 is 38.5. The molecule has 1 atom stereocenters. The molecule has 102 valence electrons. The van der Waals surface area contributed by atoms with Crippen molar-refractivity contribution in [1.29, 1.82) is 0 Å². The van der Waals surface area contributed by atoms with E-state index in [-0.39, 0.29) is 18.4 Å². The molecule has 1 aromatic rings. The monoisotopic (exact) mass is 260 g/mol. The summed E-state index contributed by atoms with van der Waals surface area (Å²) in [6.07, 6.45) is -2.42. The van der Waals surface area contributed by atoms with Crippen molar-refractivity contribution in [1.82, 2.24) is 5.32 Å². The molecule has 0 aromatic heterocycles. The van der Waals surface area contributed by atoms with Crippen molar-refractivity contribution in [3.05, 3.63) is 29.1 Å². The lowest BCUT2D eigenvalue weighted by Gasteiger charge is -2.25. The molecule has 1 rings (SSSR count). The Labute approximate surface area is 106 Å². The fourth-order valence-electron chi connectivity index (χ4n) is 1.82. The lowest BCUT2D eigenvalue weighted by molar-refractivity contribution is 0.156. The van der Waals surface area contributed by atoms with Gasteiger partial charge in [0.2, 0.25) is 0 Å². The van der Waals surface area contributed by atoms with E-state index in [0.29, 0.717) is 16.8 Å². The maximum Gasteiger partial charge on any atom is 0.255 e. The van der Waals surface area contributed by atoms with Gasteiger partial charge in [-0.2, -0.15) is 0 Å². The Morgan fingerprint density at radius 3 is 2.44 bits per heavy atom. The van der Waals surface area contributed by atoms with Crippen LogP contribution in [0.5, 0.6) is 0 Å². The summed E-state index contributed by atoms with van der Waals surface area (Å²) in [6, 6.07) is 2.92. The second kappa shape index (κ2) is 6.09. The quantitative estimate of drug-likeness (QED) is 0.875. The van der Waals surface area contributed by atoms with Gasteiger partial charge in [0, 0.05) is 18.8 Å². The molecule has 2 nitrogen and oxygen atoms in total. The SMILES string of the molecule is CNC(C)c1cc(F)c(C)cc1N(C)CC(F)F. The van der Waals surface area contributed by atoms with Crippen molar-refractivity contribution in [3.63, 3.8) is 0 Å². The molecule has 1 unspecified atom stereocenters. The number of hydrogen-bond acceptors (Lipinski definition) is 2. The summed E-state index contributed by atoms with van der Waals surface area (Å²) in [4.78, 5) is 1.46. The maximum atomic E-state index is 13.6. The fraction of sp³-hybridized carbons (Fsp3) is 0.538. The van der Waals surface area contributed by atoms with Gasteiger partial charge in [-0.05, 0) is 44.2 Å². The van der Waals surface area contributed by atoms with Gasteiger partial charge in [-0.25, -0.2) is 13.2 Å². The van der Waals surface area contributed by atoms with Crippen LogP contribution in [0.15, 0.2) is 12.1 Å². The Balaban J connectivity index is 3.18. The largest absolute Gasteiger partial charge is 0.369 e. The van der Waals surface area contributed by atoms with E-state index in [1.54, 1.807) is 27.1 Å². The first-order valence-electron chi connectivity index (χ1n) is 5.83. The number of hydrogen-bond donors (Lipinski definition) is 1. The smallest absolute Gasteiger partial charge is 0.255 e. The second-order valence-corrected chi connectivity index (χ2v) is 4.44. The van der Waals surface area contributed by atoms with Gasteiger partial charge in [0.05, 0.1) is 6.54 Å². The van der Waals surface area contributed by atoms with Gasteiger partial charge < -0.3 is 10.2 Å². The van der Waals surface area contributed by atoms with Crippen molar-refractivity contribution in [2.75, 3.05) is 25.5 Å². The molecule has 1 N–H and O–H groups in total. The summed E-state index contributed by atoms with van der Waals surface area (Å²) in [5.41, 5.74) is 1.78. The first-order chi connectivity index (χ1) is 8.36. The van der Waals surface area contributed by atoms with Gasteiger partial charge >= 0.3 is 0 Å². The van der Waals surface area contributed by atoms with Crippen LogP contribution in [0, 0.1) is 12.7 Å². The normalized spacial score (nSPS) is 12.9. The lowest BCUT2D eigenvalue weighted by Crippen LogP contribution is -2.27. The third-order valence-electron chi connectivity index (χ3n) is 3.03. The van der Waals surface area contributed by atoms with Gasteiger partial charge in [0.25, 0.3) is 6.43 Å². The molecule has 0 aliphatic rings. The first-order valence-corrected chi connectivity index (χ1v) is 5.83. The molecule has 1 aromatic carbocycles. The number of alkyl halides is 2. The van der Waals surface area contributed by atoms with Gasteiger partial charge in [-0.15, -0.1) is 0 Å². The van der Waals surface area contributed by atoms with Gasteiger partial charge in [0.15, 0.2) is 0 Å². The molecular weight excluding hydrogens is 241 g/mol. The third kappa shape index (κ3) is 3.38. The zero-order valence-electron chi connectivity index (χ0n) is 11.1. The average Bonchev–Trinajstić information content (AvgIpc) is 2.30. The number of nitrogens with zero attached hydrogens (tertiary/aromatic N) is 1. The predicted octanol–water partition coefficient (Wildman–Crippen LogP) is 3.12. The van der Waals surface area contributed by atoms with Gasteiger partial charge in [-0.3, -0.25) is 0 Å². The van der Waals surface area contributed by atoms with Crippen molar-refractivity contribution < 1.29 is 13.2 Å². The minimum Gasteiger partial charge on any atom is -0.369 e. The molecule has 0 saturated carbocycles. The van der Waals surface area contributed by atoms with Crippen molar-refractivity contribution in [2.45, 2.75) is 26.3 Å². The first kappa shape index (κ1) is 14.8. The molecule has 0 bridgehead atoms. The standard InChI is InChI=1S/C13H19F3N2/c1-8-5-12(18(4)7-13(15)16)10(6-11(8)14)9(2)17-3/h5-6,9,13,17H,7H2,1-4H3. The predicted molar refractivity (Wildman–Crippen MR) is 67.9 cm³/mol. The molecule has 5 heteroatoms. The Morgan fingerprint density at radius 1 is 1.33 bits per heavy atom. The Kier molecular flexibility index (Phi) is 5.02. The van der Waals surface area contributed by atoms with Crippen LogP contribution in [0.25, 0.3) is 0 Å². The molecule has 0 saturated heterocycles. The Bertz CT molecular complexity index is 407. The number of aryl methyl sites for hydroxylation is 1. The number of benzene rings is 1. The van der Waals surface area contributed by atoms with E-state index in [2.05, 4.69) is 5.32 Å². The van der Waals surface area contributed by atoms with Crippen LogP contribution in [0.3, 0.4) is 0 Å². The van der Waals surface area contributed by atoms with E-state index in [4.69, 9.17) is 0 Å². The van der Waals surface area contributed by atoms with Crippen LogP contribution < -0.4 is 10.2 Å². The highest BCUT2D eigenvalue weighted by Gasteiger charge is 2.17. The number of halogens is 3. The van der Waals surface area contributed by atoms with E-state index >= 15 is 0 Å². The Hall–Kier alpha value is -1.23. The minimum absolute atomic E-state index is 0.102. The zero-order chi connectivity index (χ0) is 13.9. The Morgan fingerprint density at radius 2 is 1.94 bits per heavy atom. The van der Waals surface area contributed by atoms with E-state index < -0.39 is 6.43 Å². The average molecular weight is 260 g/mol. The maximum absolute atomic E-state index is 13.6. The highest BCUT2D eigenvalue weighted by molar-refractivity contribution is 5.56. The van der Waals surface area contributed by atoms with Crippen LogP contribution in [0.4, 0.5) is 18.9 Å². The second-order valence-electron chi connectivity index (χ2n) is 4.44. The zero-order valence-corrected chi connectivity index (χ0v) is 11.1. The summed E-state index contributed by atoms with van der Waals surface area (Å²) in [5, 5.41) is 3.00. The van der Waals surface area contributed by atoms with Crippen molar-refractivity contribution >= 4 is 5.69 Å². The summed E-state index contributed by atoms with van der Waals surface area (Å²) >= 11 is 0. The van der Waals surface area contributed by atoms with Gasteiger partial charge in [0.1, 0.15) is 5.82 Å². The minimum atomic E-state index is -2.42. The number of rotatable bonds is 5. The summed E-state index contributed by atoms with van der Waals surface area (Å²) in [6.45, 7) is 3.13. The van der Waals surface area contributed by atoms with E-state index in [1.165, 1.54) is 11.0 Å². The van der Waals surface area contributed by atoms with E-state index in [1.807, 2.05) is 6.92 Å². The third-order valence-corrected chi connectivity index (χ3v) is 3.03. The number of anilines is 1. The molecule has 0 heterocycles. The van der Waals surface area contributed by atoms with E-state index in [0.717, 1.165) is 0 Å². The molecule has 18 heavy (non-hydrogen) atoms. The molecule has 0 aliphatic heterocycles. The van der Waals surface area contributed by atoms with Crippen LogP contribution in [0.1, 0.15) is 24.1 Å². The van der Waals surface area contributed by atoms with E-state index in [9.17, 15) is 13.2 Å². The molecule has 0 spiro atoms. The van der Waals surface area contributed by atoms with Crippen LogP contribution in [0.2, 0.25) is 0 Å². The topological polar surface area (TPSA) is 15.3 Å². The molecule has 0 fully saturated rings. The fourth-order valence-corrected chi connectivity index (χ4v) is 1.82. The molecule has 0 radical (unpaired) electrons. The van der Waals surface area contributed by atoms with Crippen LogP contribution in [-0.2, 0) is 0 Å². The molecule has 0 amide bonds. The summed E-state index contributed by atoms with van der Waals surface area (Å²) in [5.74, 6) is -0.318. The summed E-state index contributed by atoms with van der Waals surface area (Å²) in [7, 11) is 3.34. The number of nitrogens with one attached hydrogen (secondary N) is 1. The van der Waals surface area contributed by atoms with Gasteiger partial charge in [-0.1, -0.05) is 0 Å².